The fourth-order valence-electron chi connectivity index (χ4n) is 2.26. The van der Waals surface area contributed by atoms with Crippen LogP contribution in [0.2, 0.25) is 0 Å². The third-order valence-corrected chi connectivity index (χ3v) is 4.08. The van der Waals surface area contributed by atoms with Gasteiger partial charge in [-0.05, 0) is 30.5 Å². The van der Waals surface area contributed by atoms with Crippen LogP contribution in [0, 0.1) is 0 Å². The summed E-state index contributed by atoms with van der Waals surface area (Å²) in [5, 5.41) is 2.05. The van der Waals surface area contributed by atoms with Gasteiger partial charge >= 0.3 is 0 Å². The van der Waals surface area contributed by atoms with Crippen LogP contribution in [0.3, 0.4) is 0 Å². The van der Waals surface area contributed by atoms with Crippen molar-refractivity contribution in [2.45, 2.75) is 19.5 Å². The van der Waals surface area contributed by atoms with E-state index >= 15 is 0 Å². The second kappa shape index (κ2) is 4.55. The average molecular weight is 257 g/mol. The van der Waals surface area contributed by atoms with Gasteiger partial charge in [-0.25, -0.2) is 4.98 Å². The summed E-state index contributed by atoms with van der Waals surface area (Å²) in [5.41, 5.74) is 8.50. The molecule has 1 atom stereocenters. The predicted molar refractivity (Wildman–Crippen MR) is 75.8 cm³/mol. The summed E-state index contributed by atoms with van der Waals surface area (Å²) < 4.78 is 2.19. The van der Waals surface area contributed by atoms with Gasteiger partial charge in [-0.3, -0.25) is 0 Å². The number of aryl methyl sites for hydroxylation is 1. The fraction of sp³-hybridized carbons (Fsp3) is 0.214. The molecule has 0 saturated heterocycles. The first-order chi connectivity index (χ1) is 8.81. The van der Waals surface area contributed by atoms with E-state index < -0.39 is 0 Å². The maximum Gasteiger partial charge on any atom is 0.132 e. The van der Waals surface area contributed by atoms with Crippen molar-refractivity contribution in [2.75, 3.05) is 0 Å². The number of nitrogens with two attached hydrogens (primary N) is 1. The zero-order valence-electron chi connectivity index (χ0n) is 10.2. The molecule has 0 aliphatic heterocycles. The minimum absolute atomic E-state index is 0.141. The molecule has 3 rings (SSSR count). The second-order valence-electron chi connectivity index (χ2n) is 4.20. The molecule has 0 bridgehead atoms. The van der Waals surface area contributed by atoms with E-state index in [9.17, 15) is 0 Å². The summed E-state index contributed by atoms with van der Waals surface area (Å²) in [6, 6.07) is 12.1. The zero-order valence-corrected chi connectivity index (χ0v) is 11.0. The molecular formula is C14H15N3S. The van der Waals surface area contributed by atoms with Gasteiger partial charge in [0.15, 0.2) is 0 Å². The topological polar surface area (TPSA) is 43.8 Å². The Morgan fingerprint density at radius 3 is 2.83 bits per heavy atom. The summed E-state index contributed by atoms with van der Waals surface area (Å²) in [6.45, 7) is 3.01. The Hall–Kier alpha value is -1.65. The first kappa shape index (κ1) is 11.4. The first-order valence-electron chi connectivity index (χ1n) is 6.05. The van der Waals surface area contributed by atoms with Gasteiger partial charge in [0.25, 0.3) is 0 Å². The van der Waals surface area contributed by atoms with Crippen molar-refractivity contribution >= 4 is 22.4 Å². The van der Waals surface area contributed by atoms with Crippen molar-refractivity contribution in [2.24, 2.45) is 5.73 Å². The van der Waals surface area contributed by atoms with Crippen LogP contribution < -0.4 is 5.73 Å². The van der Waals surface area contributed by atoms with Crippen LogP contribution >= 0.6 is 11.3 Å². The number of hydrogen-bond acceptors (Lipinski definition) is 3. The fourth-order valence-corrected chi connectivity index (χ4v) is 2.98. The van der Waals surface area contributed by atoms with E-state index in [1.54, 1.807) is 11.3 Å². The first-order valence-corrected chi connectivity index (χ1v) is 6.93. The van der Waals surface area contributed by atoms with Crippen LogP contribution in [0.1, 0.15) is 23.7 Å². The highest BCUT2D eigenvalue weighted by molar-refractivity contribution is 7.10. The summed E-state index contributed by atoms with van der Waals surface area (Å²) in [5.74, 6) is 0.946. The maximum absolute atomic E-state index is 6.33. The smallest absolute Gasteiger partial charge is 0.132 e. The number of nitrogens with zero attached hydrogens (tertiary/aromatic N) is 2. The molecule has 0 amide bonds. The molecule has 2 heterocycles. The summed E-state index contributed by atoms with van der Waals surface area (Å²) in [7, 11) is 0. The lowest BCUT2D eigenvalue weighted by Crippen LogP contribution is -2.16. The number of imidazole rings is 1. The number of benzene rings is 1. The minimum Gasteiger partial charge on any atom is -0.327 e. The molecule has 0 spiro atoms. The Bertz CT molecular complexity index is 655. The molecule has 18 heavy (non-hydrogen) atoms. The van der Waals surface area contributed by atoms with E-state index in [0.29, 0.717) is 0 Å². The van der Waals surface area contributed by atoms with Crippen molar-refractivity contribution in [1.82, 2.24) is 9.55 Å². The Morgan fingerprint density at radius 1 is 1.28 bits per heavy atom. The van der Waals surface area contributed by atoms with Gasteiger partial charge in [-0.2, -0.15) is 0 Å². The van der Waals surface area contributed by atoms with Crippen molar-refractivity contribution < 1.29 is 0 Å². The molecule has 2 aromatic heterocycles. The molecule has 4 heteroatoms. The quantitative estimate of drug-likeness (QED) is 0.783. The normalized spacial score (nSPS) is 13.0. The van der Waals surface area contributed by atoms with Crippen LogP contribution in [-0.2, 0) is 6.54 Å². The molecule has 3 nitrogen and oxygen atoms in total. The van der Waals surface area contributed by atoms with Gasteiger partial charge in [-0.1, -0.05) is 18.2 Å². The number of para-hydroxylation sites is 2. The summed E-state index contributed by atoms with van der Waals surface area (Å²) in [6.07, 6.45) is 0. The lowest BCUT2D eigenvalue weighted by Gasteiger charge is -2.11. The van der Waals surface area contributed by atoms with Gasteiger partial charge < -0.3 is 10.3 Å². The SMILES string of the molecule is CCn1c(C(N)c2cccs2)nc2ccccc21. The van der Waals surface area contributed by atoms with E-state index in [0.717, 1.165) is 28.3 Å². The van der Waals surface area contributed by atoms with Gasteiger partial charge in [0.1, 0.15) is 5.82 Å². The highest BCUT2D eigenvalue weighted by Crippen LogP contribution is 2.26. The number of hydrogen-bond donors (Lipinski definition) is 1. The lowest BCUT2D eigenvalue weighted by atomic mass is 10.2. The average Bonchev–Trinajstić information content (AvgIpc) is 3.04. The van der Waals surface area contributed by atoms with Crippen LogP contribution in [-0.4, -0.2) is 9.55 Å². The molecule has 2 N–H and O–H groups in total. The standard InChI is InChI=1S/C14H15N3S/c1-2-17-11-7-4-3-6-10(11)16-14(17)13(15)12-8-5-9-18-12/h3-9,13H,2,15H2,1H3. The van der Waals surface area contributed by atoms with Gasteiger partial charge in [0.2, 0.25) is 0 Å². The van der Waals surface area contributed by atoms with Gasteiger partial charge in [0.05, 0.1) is 17.1 Å². The Labute approximate surface area is 110 Å². The number of fused-ring (bicyclic) bond motifs is 1. The van der Waals surface area contributed by atoms with Crippen LogP contribution in [0.4, 0.5) is 0 Å². The molecule has 0 saturated carbocycles. The third kappa shape index (κ3) is 1.74. The third-order valence-electron chi connectivity index (χ3n) is 3.13. The maximum atomic E-state index is 6.33. The van der Waals surface area contributed by atoms with Gasteiger partial charge in [0, 0.05) is 11.4 Å². The van der Waals surface area contributed by atoms with E-state index in [2.05, 4.69) is 28.6 Å². The molecule has 0 aliphatic rings. The van der Waals surface area contributed by atoms with Crippen LogP contribution in [0.25, 0.3) is 11.0 Å². The lowest BCUT2D eigenvalue weighted by molar-refractivity contribution is 0.677. The number of rotatable bonds is 3. The van der Waals surface area contributed by atoms with Crippen molar-refractivity contribution in [3.8, 4) is 0 Å². The molecule has 1 unspecified atom stereocenters. The van der Waals surface area contributed by atoms with Crippen molar-refractivity contribution in [3.63, 3.8) is 0 Å². The predicted octanol–water partition coefficient (Wildman–Crippen LogP) is 3.17. The number of aromatic nitrogens is 2. The Morgan fingerprint density at radius 2 is 2.11 bits per heavy atom. The van der Waals surface area contributed by atoms with E-state index in [1.807, 2.05) is 29.6 Å². The molecule has 0 aliphatic carbocycles. The van der Waals surface area contributed by atoms with Crippen molar-refractivity contribution in [3.05, 3.63) is 52.5 Å². The van der Waals surface area contributed by atoms with Crippen LogP contribution in [0.15, 0.2) is 41.8 Å². The highest BCUT2D eigenvalue weighted by Gasteiger charge is 2.18. The summed E-state index contributed by atoms with van der Waals surface area (Å²) in [4.78, 5) is 5.84. The van der Waals surface area contributed by atoms with Crippen LogP contribution in [0.5, 0.6) is 0 Å². The minimum atomic E-state index is -0.141. The Kier molecular flexibility index (Phi) is 2.89. The monoisotopic (exact) mass is 257 g/mol. The molecule has 3 aromatic rings. The van der Waals surface area contributed by atoms with Crippen molar-refractivity contribution in [1.29, 1.82) is 0 Å². The van der Waals surface area contributed by atoms with E-state index in [1.165, 1.54) is 0 Å². The van der Waals surface area contributed by atoms with Gasteiger partial charge in [-0.15, -0.1) is 11.3 Å². The summed E-state index contributed by atoms with van der Waals surface area (Å²) >= 11 is 1.68. The Balaban J connectivity index is 2.16. The molecule has 1 aromatic carbocycles. The molecule has 92 valence electrons. The van der Waals surface area contributed by atoms with E-state index in [-0.39, 0.29) is 6.04 Å². The number of thiophene rings is 1. The molecule has 0 radical (unpaired) electrons. The zero-order chi connectivity index (χ0) is 12.5. The molecule has 0 fully saturated rings. The van der Waals surface area contributed by atoms with E-state index in [4.69, 9.17) is 5.73 Å². The second-order valence-corrected chi connectivity index (χ2v) is 5.18. The highest BCUT2D eigenvalue weighted by atomic mass is 32.1. The largest absolute Gasteiger partial charge is 0.327 e. The molecular weight excluding hydrogens is 242 g/mol.